The first-order valence-corrected chi connectivity index (χ1v) is 6.06. The third-order valence-corrected chi connectivity index (χ3v) is 3.57. The molecule has 0 aliphatic heterocycles. The van der Waals surface area contributed by atoms with Crippen LogP contribution in [0.5, 0.6) is 0 Å². The van der Waals surface area contributed by atoms with Gasteiger partial charge >= 0.3 is 0 Å². The minimum atomic E-state index is -0.290. The zero-order valence-corrected chi connectivity index (χ0v) is 10.4. The Hall–Kier alpha value is -0.760. The molecule has 3 heteroatoms. The van der Waals surface area contributed by atoms with E-state index in [1.807, 2.05) is 0 Å². The van der Waals surface area contributed by atoms with Gasteiger partial charge in [0.1, 0.15) is 5.82 Å². The van der Waals surface area contributed by atoms with E-state index in [9.17, 15) is 4.39 Å². The molecule has 1 fully saturated rings. The molecule has 0 radical (unpaired) electrons. The summed E-state index contributed by atoms with van der Waals surface area (Å²) < 4.78 is 12.9. The highest BCUT2D eigenvalue weighted by Crippen LogP contribution is 2.39. The Morgan fingerprint density at radius 3 is 2.75 bits per heavy atom. The van der Waals surface area contributed by atoms with E-state index in [0.29, 0.717) is 16.5 Å². The van der Waals surface area contributed by atoms with Crippen molar-refractivity contribution < 1.29 is 4.39 Å². The quantitative estimate of drug-likeness (QED) is 0.806. The number of benzene rings is 1. The second-order valence-corrected chi connectivity index (χ2v) is 5.78. The summed E-state index contributed by atoms with van der Waals surface area (Å²) in [5.41, 5.74) is 1.25. The first-order valence-electron chi connectivity index (χ1n) is 5.68. The molecule has 1 nitrogen and oxygen atoms in total. The van der Waals surface area contributed by atoms with Crippen LogP contribution in [-0.2, 0) is 0 Å². The molecule has 1 N–H and O–H groups in total. The molecule has 0 aromatic heterocycles. The highest BCUT2D eigenvalue weighted by atomic mass is 35.5. The molecular weight excluding hydrogens is 225 g/mol. The summed E-state index contributed by atoms with van der Waals surface area (Å²) >= 11 is 5.98. The third kappa shape index (κ3) is 2.67. The molecule has 0 bridgehead atoms. The van der Waals surface area contributed by atoms with Crippen molar-refractivity contribution in [3.63, 3.8) is 0 Å². The number of anilines is 1. The minimum Gasteiger partial charge on any atom is -0.381 e. The van der Waals surface area contributed by atoms with Crippen LogP contribution in [0.15, 0.2) is 18.2 Å². The fourth-order valence-electron chi connectivity index (χ4n) is 2.39. The van der Waals surface area contributed by atoms with Gasteiger partial charge in [-0.1, -0.05) is 25.4 Å². The second kappa shape index (κ2) is 4.25. The largest absolute Gasteiger partial charge is 0.381 e. The van der Waals surface area contributed by atoms with Crippen molar-refractivity contribution in [1.29, 1.82) is 0 Å². The first kappa shape index (κ1) is 11.7. The lowest BCUT2D eigenvalue weighted by Gasteiger charge is -2.19. The number of nitrogens with one attached hydrogen (secondary N) is 1. The lowest BCUT2D eigenvalue weighted by atomic mass is 9.92. The van der Waals surface area contributed by atoms with Crippen molar-refractivity contribution >= 4 is 17.3 Å². The molecule has 0 saturated heterocycles. The maximum atomic E-state index is 12.9. The summed E-state index contributed by atoms with van der Waals surface area (Å²) in [7, 11) is 0. The average molecular weight is 242 g/mol. The highest BCUT2D eigenvalue weighted by molar-refractivity contribution is 6.33. The van der Waals surface area contributed by atoms with Gasteiger partial charge in [-0.15, -0.1) is 0 Å². The van der Waals surface area contributed by atoms with Gasteiger partial charge in [-0.2, -0.15) is 0 Å². The highest BCUT2D eigenvalue weighted by Gasteiger charge is 2.30. The molecule has 88 valence electrons. The van der Waals surface area contributed by atoms with E-state index in [0.717, 1.165) is 18.5 Å². The maximum absolute atomic E-state index is 12.9. The van der Waals surface area contributed by atoms with Gasteiger partial charge in [-0.25, -0.2) is 4.39 Å². The summed E-state index contributed by atoms with van der Waals surface area (Å²) in [6.45, 7) is 4.56. The van der Waals surface area contributed by atoms with Crippen molar-refractivity contribution in [2.45, 2.75) is 39.2 Å². The molecule has 1 saturated carbocycles. The van der Waals surface area contributed by atoms with Gasteiger partial charge in [0.05, 0.1) is 10.7 Å². The molecule has 1 atom stereocenters. The molecule has 0 amide bonds. The van der Waals surface area contributed by atoms with E-state index in [1.54, 1.807) is 6.07 Å². The predicted octanol–water partition coefficient (Wildman–Crippen LogP) is 4.47. The normalized spacial score (nSPS) is 23.4. The van der Waals surface area contributed by atoms with E-state index in [1.165, 1.54) is 18.6 Å². The van der Waals surface area contributed by atoms with E-state index in [-0.39, 0.29) is 5.82 Å². The molecule has 1 aliphatic carbocycles. The number of hydrogen-bond acceptors (Lipinski definition) is 1. The average Bonchev–Trinajstić information content (AvgIpc) is 2.51. The standard InChI is InChI=1S/C13H17ClFN/c1-13(2)6-5-10(8-13)16-12-4-3-9(15)7-11(12)14/h3-4,7,10,16H,5-6,8H2,1-2H3. The fraction of sp³-hybridized carbons (Fsp3) is 0.538. The second-order valence-electron chi connectivity index (χ2n) is 5.37. The minimum absolute atomic E-state index is 0.290. The van der Waals surface area contributed by atoms with Crippen molar-refractivity contribution in [3.8, 4) is 0 Å². The van der Waals surface area contributed by atoms with Gasteiger partial charge in [0.15, 0.2) is 0 Å². The third-order valence-electron chi connectivity index (χ3n) is 3.26. The van der Waals surface area contributed by atoms with Crippen molar-refractivity contribution in [2.24, 2.45) is 5.41 Å². The molecule has 1 aromatic rings. The molecule has 0 heterocycles. The summed E-state index contributed by atoms with van der Waals surface area (Å²) in [6.07, 6.45) is 3.52. The maximum Gasteiger partial charge on any atom is 0.124 e. The topological polar surface area (TPSA) is 12.0 Å². The number of rotatable bonds is 2. The predicted molar refractivity (Wildman–Crippen MR) is 66.5 cm³/mol. The summed E-state index contributed by atoms with van der Waals surface area (Å²) in [5, 5.41) is 3.86. The summed E-state index contributed by atoms with van der Waals surface area (Å²) in [5.74, 6) is -0.290. The Balaban J connectivity index is 2.05. The Morgan fingerprint density at radius 2 is 2.19 bits per heavy atom. The SMILES string of the molecule is CC1(C)CCC(Nc2ccc(F)cc2Cl)C1. The first-order chi connectivity index (χ1) is 7.46. The van der Waals surface area contributed by atoms with Crippen LogP contribution in [0.3, 0.4) is 0 Å². The Bertz CT molecular complexity index is 390. The smallest absolute Gasteiger partial charge is 0.124 e. The van der Waals surface area contributed by atoms with Gasteiger partial charge < -0.3 is 5.32 Å². The van der Waals surface area contributed by atoms with Gasteiger partial charge in [-0.05, 0) is 42.9 Å². The molecule has 2 rings (SSSR count). The van der Waals surface area contributed by atoms with Crippen LogP contribution in [0.4, 0.5) is 10.1 Å². The number of hydrogen-bond donors (Lipinski definition) is 1. The Morgan fingerprint density at radius 1 is 1.44 bits per heavy atom. The van der Waals surface area contributed by atoms with Gasteiger partial charge in [0.25, 0.3) is 0 Å². The Labute approximate surface area is 101 Å². The van der Waals surface area contributed by atoms with Gasteiger partial charge in [-0.3, -0.25) is 0 Å². The van der Waals surface area contributed by atoms with Gasteiger partial charge in [0, 0.05) is 6.04 Å². The molecule has 1 aliphatic rings. The van der Waals surface area contributed by atoms with E-state index < -0.39 is 0 Å². The lowest BCUT2D eigenvalue weighted by Crippen LogP contribution is -2.17. The van der Waals surface area contributed by atoms with Crippen LogP contribution in [0.25, 0.3) is 0 Å². The van der Waals surface area contributed by atoms with Crippen molar-refractivity contribution in [3.05, 3.63) is 29.0 Å². The van der Waals surface area contributed by atoms with Crippen molar-refractivity contribution in [1.82, 2.24) is 0 Å². The van der Waals surface area contributed by atoms with E-state index >= 15 is 0 Å². The zero-order valence-electron chi connectivity index (χ0n) is 9.69. The monoisotopic (exact) mass is 241 g/mol. The molecule has 0 spiro atoms. The van der Waals surface area contributed by atoms with Crippen LogP contribution >= 0.6 is 11.6 Å². The van der Waals surface area contributed by atoms with Crippen LogP contribution < -0.4 is 5.32 Å². The van der Waals surface area contributed by atoms with E-state index in [4.69, 9.17) is 11.6 Å². The van der Waals surface area contributed by atoms with Crippen LogP contribution in [0.2, 0.25) is 5.02 Å². The fourth-order valence-corrected chi connectivity index (χ4v) is 2.61. The zero-order chi connectivity index (χ0) is 11.8. The molecular formula is C13H17ClFN. The van der Waals surface area contributed by atoms with Crippen LogP contribution in [0, 0.1) is 11.2 Å². The van der Waals surface area contributed by atoms with Gasteiger partial charge in [0.2, 0.25) is 0 Å². The molecule has 1 aromatic carbocycles. The molecule has 16 heavy (non-hydrogen) atoms. The van der Waals surface area contributed by atoms with Crippen LogP contribution in [-0.4, -0.2) is 6.04 Å². The lowest BCUT2D eigenvalue weighted by molar-refractivity contribution is 0.378. The summed E-state index contributed by atoms with van der Waals surface area (Å²) in [6, 6.07) is 4.96. The van der Waals surface area contributed by atoms with Crippen LogP contribution in [0.1, 0.15) is 33.1 Å². The van der Waals surface area contributed by atoms with E-state index in [2.05, 4.69) is 19.2 Å². The summed E-state index contributed by atoms with van der Waals surface area (Å²) in [4.78, 5) is 0. The molecule has 1 unspecified atom stereocenters. The number of halogens is 2. The van der Waals surface area contributed by atoms with Crippen molar-refractivity contribution in [2.75, 3.05) is 5.32 Å². The Kier molecular flexibility index (Phi) is 3.11.